The van der Waals surface area contributed by atoms with Crippen molar-refractivity contribution < 1.29 is 0 Å². The average molecular weight is 458 g/mol. The molecule has 5 heteroatoms. The molecule has 1 aromatic carbocycles. The van der Waals surface area contributed by atoms with Gasteiger partial charge >= 0.3 is 0 Å². The van der Waals surface area contributed by atoms with Gasteiger partial charge in [0.25, 0.3) is 0 Å². The highest BCUT2D eigenvalue weighted by atomic mass is 127. The van der Waals surface area contributed by atoms with Gasteiger partial charge in [-0.25, -0.2) is 0 Å². The molecule has 0 saturated heterocycles. The number of hydrogen-bond acceptors (Lipinski definition) is 2. The largest absolute Gasteiger partial charge is 0.354 e. The number of nitrogens with one attached hydrogen (secondary N) is 2. The van der Waals surface area contributed by atoms with E-state index in [4.69, 9.17) is 0 Å². The number of hydrogen-bond donors (Lipinski definition) is 2. The van der Waals surface area contributed by atoms with Gasteiger partial charge in [-0.15, -0.1) is 24.0 Å². The Hall–Kier alpha value is -0.820. The van der Waals surface area contributed by atoms with Crippen LogP contribution in [0.4, 0.5) is 0 Å². The highest BCUT2D eigenvalue weighted by Crippen LogP contribution is 2.17. The van der Waals surface area contributed by atoms with E-state index in [1.165, 1.54) is 43.2 Å². The van der Waals surface area contributed by atoms with E-state index in [-0.39, 0.29) is 24.0 Å². The van der Waals surface area contributed by atoms with Crippen molar-refractivity contribution in [3.63, 3.8) is 0 Å². The Morgan fingerprint density at radius 2 is 1.80 bits per heavy atom. The van der Waals surface area contributed by atoms with Crippen molar-refractivity contribution in [3.8, 4) is 0 Å². The van der Waals surface area contributed by atoms with Crippen LogP contribution >= 0.6 is 24.0 Å². The van der Waals surface area contributed by atoms with Crippen LogP contribution in [0, 0.1) is 0 Å². The molecule has 0 atom stereocenters. The molecule has 142 valence electrons. The summed E-state index contributed by atoms with van der Waals surface area (Å²) in [4.78, 5) is 6.82. The Balaban J connectivity index is 0.00000312. The quantitative estimate of drug-likeness (QED) is 0.367. The Bertz CT molecular complexity index is 508. The molecule has 2 rings (SSSR count). The van der Waals surface area contributed by atoms with E-state index in [2.05, 4.69) is 58.6 Å². The first-order valence-electron chi connectivity index (χ1n) is 9.52. The van der Waals surface area contributed by atoms with Crippen molar-refractivity contribution >= 4 is 29.9 Å². The summed E-state index contributed by atoms with van der Waals surface area (Å²) < 4.78 is 0. The molecule has 1 aliphatic carbocycles. The van der Waals surface area contributed by atoms with E-state index < -0.39 is 0 Å². The first-order chi connectivity index (χ1) is 11.7. The molecule has 1 saturated carbocycles. The molecule has 0 amide bonds. The van der Waals surface area contributed by atoms with Gasteiger partial charge in [-0.2, -0.15) is 0 Å². The third-order valence-electron chi connectivity index (χ3n) is 4.92. The van der Waals surface area contributed by atoms with Gasteiger partial charge in [-0.1, -0.05) is 57.4 Å². The maximum Gasteiger partial charge on any atom is 0.191 e. The summed E-state index contributed by atoms with van der Waals surface area (Å²) in [5, 5.41) is 7.04. The van der Waals surface area contributed by atoms with Crippen molar-refractivity contribution in [3.05, 3.63) is 35.4 Å². The fourth-order valence-electron chi connectivity index (χ4n) is 3.36. The van der Waals surface area contributed by atoms with Crippen LogP contribution in [0.3, 0.4) is 0 Å². The molecule has 1 fully saturated rings. The van der Waals surface area contributed by atoms with Crippen LogP contribution in [0.5, 0.6) is 0 Å². The normalized spacial score (nSPS) is 15.8. The third kappa shape index (κ3) is 7.94. The lowest BCUT2D eigenvalue weighted by Gasteiger charge is -2.25. The summed E-state index contributed by atoms with van der Waals surface area (Å²) in [7, 11) is 1.86. The minimum atomic E-state index is 0. The van der Waals surface area contributed by atoms with Gasteiger partial charge in [0, 0.05) is 26.2 Å². The predicted octanol–water partition coefficient (Wildman–Crippen LogP) is 4.14. The minimum absolute atomic E-state index is 0. The average Bonchev–Trinajstić information content (AvgIpc) is 2.64. The molecule has 1 aliphatic rings. The number of nitrogens with zero attached hydrogens (tertiary/aromatic N) is 2. The monoisotopic (exact) mass is 458 g/mol. The molecule has 4 nitrogen and oxygen atoms in total. The fourth-order valence-corrected chi connectivity index (χ4v) is 3.36. The zero-order valence-electron chi connectivity index (χ0n) is 16.1. The minimum Gasteiger partial charge on any atom is -0.354 e. The van der Waals surface area contributed by atoms with Gasteiger partial charge in [-0.05, 0) is 37.1 Å². The van der Waals surface area contributed by atoms with Crippen LogP contribution < -0.4 is 10.6 Å². The second-order valence-electron chi connectivity index (χ2n) is 6.69. The van der Waals surface area contributed by atoms with Crippen molar-refractivity contribution in [2.24, 2.45) is 4.99 Å². The Kier molecular flexibility index (Phi) is 11.1. The van der Waals surface area contributed by atoms with Gasteiger partial charge in [0.2, 0.25) is 0 Å². The molecule has 0 unspecified atom stereocenters. The smallest absolute Gasteiger partial charge is 0.191 e. The molecule has 0 bridgehead atoms. The first-order valence-corrected chi connectivity index (χ1v) is 9.52. The third-order valence-corrected chi connectivity index (χ3v) is 4.92. The van der Waals surface area contributed by atoms with Crippen molar-refractivity contribution in [2.45, 2.75) is 65.1 Å². The molecule has 0 spiro atoms. The number of benzene rings is 1. The lowest BCUT2D eigenvalue weighted by atomic mass is 9.96. The van der Waals surface area contributed by atoms with Gasteiger partial charge in [0.1, 0.15) is 0 Å². The topological polar surface area (TPSA) is 39.7 Å². The SMILES string of the molecule is CCN(CC)Cc1cccc(CNC(=NC)NC2CCCCC2)c1.I. The van der Waals surface area contributed by atoms with E-state index in [0.717, 1.165) is 32.1 Å². The Labute approximate surface area is 170 Å². The van der Waals surface area contributed by atoms with Crippen LogP contribution in [-0.2, 0) is 13.1 Å². The number of aliphatic imine (C=N–C) groups is 1. The second-order valence-corrected chi connectivity index (χ2v) is 6.69. The van der Waals surface area contributed by atoms with Gasteiger partial charge < -0.3 is 10.6 Å². The molecule has 0 radical (unpaired) electrons. The highest BCUT2D eigenvalue weighted by molar-refractivity contribution is 14.0. The maximum atomic E-state index is 4.38. The number of halogens is 1. The standard InChI is InChI=1S/C20H34N4.HI/c1-4-24(5-2)16-18-11-9-10-17(14-18)15-22-20(21-3)23-19-12-7-6-8-13-19;/h9-11,14,19H,4-8,12-13,15-16H2,1-3H3,(H2,21,22,23);1H. The van der Waals surface area contributed by atoms with E-state index in [1.54, 1.807) is 0 Å². The lowest BCUT2D eigenvalue weighted by molar-refractivity contribution is 0.296. The summed E-state index contributed by atoms with van der Waals surface area (Å²) >= 11 is 0. The van der Waals surface area contributed by atoms with Gasteiger partial charge in [0.05, 0.1) is 0 Å². The Morgan fingerprint density at radius 3 is 2.44 bits per heavy atom. The Morgan fingerprint density at radius 1 is 1.12 bits per heavy atom. The molecular weight excluding hydrogens is 423 g/mol. The number of guanidine groups is 1. The molecule has 1 aromatic rings. The maximum absolute atomic E-state index is 4.38. The van der Waals surface area contributed by atoms with Crippen molar-refractivity contribution in [1.29, 1.82) is 0 Å². The van der Waals surface area contributed by atoms with Gasteiger partial charge in [0.15, 0.2) is 5.96 Å². The van der Waals surface area contributed by atoms with Crippen LogP contribution in [0.1, 0.15) is 57.1 Å². The summed E-state index contributed by atoms with van der Waals surface area (Å²) in [6.45, 7) is 8.47. The van der Waals surface area contributed by atoms with E-state index >= 15 is 0 Å². The molecule has 25 heavy (non-hydrogen) atoms. The molecular formula is C20H35IN4. The van der Waals surface area contributed by atoms with E-state index in [0.29, 0.717) is 6.04 Å². The summed E-state index contributed by atoms with van der Waals surface area (Å²) in [5.41, 5.74) is 2.69. The molecule has 0 heterocycles. The van der Waals surface area contributed by atoms with Crippen molar-refractivity contribution in [2.75, 3.05) is 20.1 Å². The first kappa shape index (κ1) is 22.2. The molecule has 2 N–H and O–H groups in total. The van der Waals surface area contributed by atoms with Crippen LogP contribution in [0.25, 0.3) is 0 Å². The predicted molar refractivity (Wildman–Crippen MR) is 119 cm³/mol. The zero-order chi connectivity index (χ0) is 17.2. The van der Waals surface area contributed by atoms with Crippen molar-refractivity contribution in [1.82, 2.24) is 15.5 Å². The lowest BCUT2D eigenvalue weighted by Crippen LogP contribution is -2.43. The van der Waals surface area contributed by atoms with Gasteiger partial charge in [-0.3, -0.25) is 9.89 Å². The second kappa shape index (κ2) is 12.5. The summed E-state index contributed by atoms with van der Waals surface area (Å²) in [5.74, 6) is 0.927. The summed E-state index contributed by atoms with van der Waals surface area (Å²) in [6.07, 6.45) is 6.58. The highest BCUT2D eigenvalue weighted by Gasteiger charge is 2.14. The van der Waals surface area contributed by atoms with E-state index in [1.807, 2.05) is 7.05 Å². The molecule has 0 aliphatic heterocycles. The molecule has 0 aromatic heterocycles. The summed E-state index contributed by atoms with van der Waals surface area (Å²) in [6, 6.07) is 9.45. The van der Waals surface area contributed by atoms with E-state index in [9.17, 15) is 0 Å². The van der Waals surface area contributed by atoms with Crippen LogP contribution in [0.15, 0.2) is 29.3 Å². The van der Waals surface area contributed by atoms with Crippen LogP contribution in [0.2, 0.25) is 0 Å². The number of rotatable bonds is 7. The zero-order valence-corrected chi connectivity index (χ0v) is 18.4. The fraction of sp³-hybridized carbons (Fsp3) is 0.650. The van der Waals surface area contributed by atoms with Crippen LogP contribution in [-0.4, -0.2) is 37.0 Å².